The van der Waals surface area contributed by atoms with E-state index in [9.17, 15) is 4.79 Å². The van der Waals surface area contributed by atoms with Gasteiger partial charge in [0.05, 0.1) is 0 Å². The second kappa shape index (κ2) is 3.92. The van der Waals surface area contributed by atoms with Crippen molar-refractivity contribution in [1.29, 1.82) is 0 Å². The molecule has 1 aliphatic carbocycles. The van der Waals surface area contributed by atoms with Crippen LogP contribution in [0.2, 0.25) is 0 Å². The van der Waals surface area contributed by atoms with E-state index in [-0.39, 0.29) is 5.91 Å². The highest BCUT2D eigenvalue weighted by molar-refractivity contribution is 5.73. The third kappa shape index (κ3) is 2.84. The number of nitrogens with two attached hydrogens (primary N) is 1. The van der Waals surface area contributed by atoms with E-state index in [1.807, 2.05) is 0 Å². The lowest BCUT2D eigenvalue weighted by molar-refractivity contribution is -0.119. The molecule has 1 rings (SSSR count). The molecular weight excluding hydrogens is 150 g/mol. The lowest BCUT2D eigenvalue weighted by Gasteiger charge is -2.30. The number of hydrogen-bond acceptors (Lipinski definition) is 1. The summed E-state index contributed by atoms with van der Waals surface area (Å²) in [5.74, 6) is 1.97. The zero-order valence-corrected chi connectivity index (χ0v) is 8.05. The molecule has 2 unspecified atom stereocenters. The van der Waals surface area contributed by atoms with Crippen molar-refractivity contribution in [2.45, 2.75) is 39.5 Å². The molecule has 0 heterocycles. The molecule has 0 spiro atoms. The van der Waals surface area contributed by atoms with E-state index < -0.39 is 0 Å². The molecule has 0 aromatic heterocycles. The van der Waals surface area contributed by atoms with Crippen molar-refractivity contribution in [3.05, 3.63) is 0 Å². The summed E-state index contributed by atoms with van der Waals surface area (Å²) in [6.07, 6.45) is 4.28. The Bertz CT molecular complexity index is 157. The van der Waals surface area contributed by atoms with Gasteiger partial charge in [0.15, 0.2) is 0 Å². The van der Waals surface area contributed by atoms with Gasteiger partial charge in [0, 0.05) is 6.42 Å². The van der Waals surface area contributed by atoms with Crippen molar-refractivity contribution in [2.75, 3.05) is 0 Å². The van der Waals surface area contributed by atoms with E-state index >= 15 is 0 Å². The van der Waals surface area contributed by atoms with Crippen molar-refractivity contribution in [3.63, 3.8) is 0 Å². The number of amides is 1. The molecule has 0 saturated heterocycles. The maximum Gasteiger partial charge on any atom is 0.217 e. The molecule has 1 amide bonds. The minimum Gasteiger partial charge on any atom is -0.370 e. The molecule has 70 valence electrons. The number of rotatable bonds is 2. The third-order valence-corrected chi connectivity index (χ3v) is 2.77. The quantitative estimate of drug-likeness (QED) is 0.674. The van der Waals surface area contributed by atoms with Crippen LogP contribution in [0.4, 0.5) is 0 Å². The molecule has 12 heavy (non-hydrogen) atoms. The van der Waals surface area contributed by atoms with Crippen LogP contribution in [-0.2, 0) is 4.79 Å². The van der Waals surface area contributed by atoms with Gasteiger partial charge in [-0.2, -0.15) is 0 Å². The highest BCUT2D eigenvalue weighted by Gasteiger charge is 2.24. The Hall–Kier alpha value is -0.530. The highest BCUT2D eigenvalue weighted by atomic mass is 16.1. The van der Waals surface area contributed by atoms with Crippen molar-refractivity contribution >= 4 is 5.91 Å². The predicted octanol–water partition coefficient (Wildman–Crippen LogP) is 1.93. The second-order valence-corrected chi connectivity index (χ2v) is 4.45. The van der Waals surface area contributed by atoms with E-state index in [1.165, 1.54) is 19.3 Å². The van der Waals surface area contributed by atoms with E-state index in [2.05, 4.69) is 13.8 Å². The molecule has 0 aliphatic heterocycles. The Balaban J connectivity index is 2.38. The van der Waals surface area contributed by atoms with Gasteiger partial charge < -0.3 is 5.73 Å². The molecule has 0 aromatic rings. The van der Waals surface area contributed by atoms with Gasteiger partial charge in [0.1, 0.15) is 0 Å². The Morgan fingerprint density at radius 3 is 2.17 bits per heavy atom. The normalized spacial score (nSPS) is 36.3. The summed E-state index contributed by atoms with van der Waals surface area (Å²) in [6.45, 7) is 4.54. The molecule has 1 fully saturated rings. The van der Waals surface area contributed by atoms with Crippen molar-refractivity contribution in [3.8, 4) is 0 Å². The minimum absolute atomic E-state index is 0.138. The summed E-state index contributed by atoms with van der Waals surface area (Å²) in [5.41, 5.74) is 5.18. The molecule has 2 nitrogen and oxygen atoms in total. The van der Waals surface area contributed by atoms with Gasteiger partial charge in [0.25, 0.3) is 0 Å². The molecule has 0 aromatic carbocycles. The van der Waals surface area contributed by atoms with Crippen LogP contribution in [0.15, 0.2) is 0 Å². The van der Waals surface area contributed by atoms with E-state index in [0.717, 1.165) is 11.8 Å². The zero-order chi connectivity index (χ0) is 9.14. The summed E-state index contributed by atoms with van der Waals surface area (Å²) >= 11 is 0. The predicted molar refractivity (Wildman–Crippen MR) is 49.5 cm³/mol. The van der Waals surface area contributed by atoms with Gasteiger partial charge in [-0.25, -0.2) is 0 Å². The summed E-state index contributed by atoms with van der Waals surface area (Å²) in [4.78, 5) is 10.7. The smallest absolute Gasteiger partial charge is 0.217 e. The van der Waals surface area contributed by atoms with Crippen LogP contribution in [0, 0.1) is 17.8 Å². The second-order valence-electron chi connectivity index (χ2n) is 4.45. The molecule has 2 heteroatoms. The van der Waals surface area contributed by atoms with E-state index in [1.54, 1.807) is 0 Å². The van der Waals surface area contributed by atoms with Gasteiger partial charge in [-0.05, 0) is 37.0 Å². The van der Waals surface area contributed by atoms with Crippen molar-refractivity contribution in [2.24, 2.45) is 23.5 Å². The molecule has 2 atom stereocenters. The first-order valence-corrected chi connectivity index (χ1v) is 4.86. The molecule has 1 aliphatic rings. The Labute approximate surface area is 74.5 Å². The Morgan fingerprint density at radius 2 is 1.75 bits per heavy atom. The van der Waals surface area contributed by atoms with Gasteiger partial charge >= 0.3 is 0 Å². The van der Waals surface area contributed by atoms with Crippen LogP contribution in [0.3, 0.4) is 0 Å². The largest absolute Gasteiger partial charge is 0.370 e. The lowest BCUT2D eigenvalue weighted by Crippen LogP contribution is -2.24. The first-order chi connectivity index (χ1) is 5.58. The van der Waals surface area contributed by atoms with Gasteiger partial charge in [-0.3, -0.25) is 4.79 Å². The molecule has 2 N–H and O–H groups in total. The van der Waals surface area contributed by atoms with Crippen LogP contribution >= 0.6 is 0 Å². The molecular formula is C10H19NO. The number of carbonyl (C=O) groups excluding carboxylic acids is 1. The summed E-state index contributed by atoms with van der Waals surface area (Å²) in [7, 11) is 0. The van der Waals surface area contributed by atoms with Crippen LogP contribution in [0.1, 0.15) is 39.5 Å². The maximum atomic E-state index is 10.7. The number of carbonyl (C=O) groups is 1. The monoisotopic (exact) mass is 169 g/mol. The Kier molecular flexibility index (Phi) is 3.12. The first-order valence-electron chi connectivity index (χ1n) is 4.86. The SMILES string of the molecule is CC1CC(C)CC(CC(N)=O)C1. The average Bonchev–Trinajstić information content (AvgIpc) is 1.81. The topological polar surface area (TPSA) is 43.1 Å². The fraction of sp³-hybridized carbons (Fsp3) is 0.900. The van der Waals surface area contributed by atoms with Crippen molar-refractivity contribution < 1.29 is 4.79 Å². The van der Waals surface area contributed by atoms with E-state index in [4.69, 9.17) is 5.73 Å². The average molecular weight is 169 g/mol. The zero-order valence-electron chi connectivity index (χ0n) is 8.05. The summed E-state index contributed by atoms with van der Waals surface area (Å²) in [6, 6.07) is 0. The van der Waals surface area contributed by atoms with E-state index in [0.29, 0.717) is 12.3 Å². The fourth-order valence-electron chi connectivity index (χ4n) is 2.56. The molecule has 1 saturated carbocycles. The Morgan fingerprint density at radius 1 is 1.25 bits per heavy atom. The molecule has 0 bridgehead atoms. The maximum absolute atomic E-state index is 10.7. The van der Waals surface area contributed by atoms with Crippen LogP contribution in [0.5, 0.6) is 0 Å². The van der Waals surface area contributed by atoms with Crippen molar-refractivity contribution in [1.82, 2.24) is 0 Å². The highest BCUT2D eigenvalue weighted by Crippen LogP contribution is 2.34. The summed E-state index contributed by atoms with van der Waals surface area (Å²) < 4.78 is 0. The van der Waals surface area contributed by atoms with Crippen LogP contribution < -0.4 is 5.73 Å². The first kappa shape index (κ1) is 9.56. The lowest BCUT2D eigenvalue weighted by atomic mass is 9.75. The summed E-state index contributed by atoms with van der Waals surface area (Å²) in [5, 5.41) is 0. The minimum atomic E-state index is -0.138. The van der Waals surface area contributed by atoms with Crippen LogP contribution in [0.25, 0.3) is 0 Å². The van der Waals surface area contributed by atoms with Crippen LogP contribution in [-0.4, -0.2) is 5.91 Å². The third-order valence-electron chi connectivity index (χ3n) is 2.77. The van der Waals surface area contributed by atoms with Gasteiger partial charge in [-0.15, -0.1) is 0 Å². The number of primary amides is 1. The molecule has 0 radical (unpaired) electrons. The number of hydrogen-bond donors (Lipinski definition) is 1. The van der Waals surface area contributed by atoms with Gasteiger partial charge in [0.2, 0.25) is 5.91 Å². The fourth-order valence-corrected chi connectivity index (χ4v) is 2.56. The standard InChI is InChI=1S/C10H19NO/c1-7-3-8(2)5-9(4-7)6-10(11)12/h7-9H,3-6H2,1-2H3,(H2,11,12). The van der Waals surface area contributed by atoms with Gasteiger partial charge in [-0.1, -0.05) is 13.8 Å².